The number of benzene rings is 1. The van der Waals surface area contributed by atoms with Crippen LogP contribution >= 0.6 is 15.9 Å². The lowest BCUT2D eigenvalue weighted by Gasteiger charge is -2.25. The first-order valence-electron chi connectivity index (χ1n) is 13.7. The Hall–Kier alpha value is -4.24. The number of alkyl halides is 1. The number of aromatic nitrogens is 4. The second-order valence-corrected chi connectivity index (χ2v) is 13.7. The van der Waals surface area contributed by atoms with Crippen LogP contribution in [-0.2, 0) is 26.0 Å². The lowest BCUT2D eigenvalue weighted by Crippen LogP contribution is -2.45. The number of fused-ring (bicyclic) bond motifs is 1. The maximum Gasteiger partial charge on any atom is 0.316 e. The molecule has 5 heterocycles. The van der Waals surface area contributed by atoms with E-state index in [9.17, 15) is 27.2 Å². The zero-order valence-corrected chi connectivity index (χ0v) is 25.7. The molecule has 12 nitrogen and oxygen atoms in total. The van der Waals surface area contributed by atoms with Gasteiger partial charge in [0.15, 0.2) is 15.6 Å². The first-order chi connectivity index (χ1) is 21.0. The molecule has 2 aliphatic heterocycles. The number of nitrogens with zero attached hydrogens (tertiary/aromatic N) is 5. The number of hydrogen-bond donors (Lipinski definition) is 1. The van der Waals surface area contributed by atoms with Crippen molar-refractivity contribution in [3.63, 3.8) is 0 Å². The molecule has 0 saturated carbocycles. The van der Waals surface area contributed by atoms with E-state index in [1.807, 2.05) is 0 Å². The van der Waals surface area contributed by atoms with Gasteiger partial charge in [0.1, 0.15) is 35.3 Å². The first-order valence-corrected chi connectivity index (χ1v) is 16.3. The summed E-state index contributed by atoms with van der Waals surface area (Å²) in [6.07, 6.45) is 2.71. The molecule has 0 radical (unpaired) electrons. The summed E-state index contributed by atoms with van der Waals surface area (Å²) in [6, 6.07) is 9.39. The summed E-state index contributed by atoms with van der Waals surface area (Å²) in [5, 5.41) is 3.25. The van der Waals surface area contributed by atoms with Gasteiger partial charge in [-0.15, -0.1) is 0 Å². The molecule has 15 heteroatoms. The second-order valence-electron chi connectivity index (χ2n) is 10.8. The summed E-state index contributed by atoms with van der Waals surface area (Å²) in [5.41, 5.74) is 2.34. The van der Waals surface area contributed by atoms with Crippen LogP contribution in [0.4, 0.5) is 10.2 Å². The molecule has 0 bridgehead atoms. The van der Waals surface area contributed by atoms with Crippen LogP contribution in [0.2, 0.25) is 0 Å². The SMILES string of the molecule is CC(=O)c1cn(CC(=O)N2C[C@H](F)C[C@H]2C(=O)Nc2cccc(Br)n2)c2ccc(-c3cnc(OC4CS(=O)(=O)C4)nc3)cc12. The number of sulfone groups is 1. The van der Waals surface area contributed by atoms with Gasteiger partial charge in [-0.1, -0.05) is 12.1 Å². The monoisotopic (exact) mass is 684 g/mol. The number of nitrogens with one attached hydrogen (secondary N) is 1. The van der Waals surface area contributed by atoms with E-state index in [-0.39, 0.29) is 48.6 Å². The molecule has 0 unspecified atom stereocenters. The number of pyridine rings is 1. The van der Waals surface area contributed by atoms with Gasteiger partial charge in [-0.25, -0.2) is 27.8 Å². The van der Waals surface area contributed by atoms with Crippen molar-refractivity contribution < 1.29 is 31.9 Å². The van der Waals surface area contributed by atoms with Gasteiger partial charge in [-0.05, 0) is 52.7 Å². The Balaban J connectivity index is 1.21. The van der Waals surface area contributed by atoms with Gasteiger partial charge in [-0.3, -0.25) is 14.4 Å². The maximum absolute atomic E-state index is 14.5. The van der Waals surface area contributed by atoms with Gasteiger partial charge >= 0.3 is 6.01 Å². The molecule has 2 atom stereocenters. The molecular formula is C29H26BrFN6O6S. The number of Topliss-reactive ketones (excluding diaryl/α,β-unsaturated/α-hetero) is 1. The fraction of sp³-hybridized carbons (Fsp3) is 0.310. The number of hydrogen-bond acceptors (Lipinski definition) is 9. The molecule has 2 amide bonds. The molecule has 3 aromatic heterocycles. The smallest absolute Gasteiger partial charge is 0.316 e. The third kappa shape index (κ3) is 6.19. The van der Waals surface area contributed by atoms with E-state index in [1.165, 1.54) is 11.8 Å². The van der Waals surface area contributed by atoms with E-state index in [2.05, 4.69) is 36.2 Å². The summed E-state index contributed by atoms with van der Waals surface area (Å²) >= 11 is 3.24. The van der Waals surface area contributed by atoms with Crippen molar-refractivity contribution in [1.82, 2.24) is 24.4 Å². The minimum absolute atomic E-state index is 0.0641. The minimum Gasteiger partial charge on any atom is -0.458 e. The molecule has 2 aliphatic rings. The van der Waals surface area contributed by atoms with Crippen molar-refractivity contribution >= 4 is 60.1 Å². The summed E-state index contributed by atoms with van der Waals surface area (Å²) < 4.78 is 44.9. The molecule has 1 N–H and O–H groups in total. The second kappa shape index (κ2) is 11.7. The largest absolute Gasteiger partial charge is 0.458 e. The number of rotatable bonds is 8. The van der Waals surface area contributed by atoms with Crippen molar-refractivity contribution in [2.24, 2.45) is 0 Å². The fourth-order valence-electron chi connectivity index (χ4n) is 5.38. The van der Waals surface area contributed by atoms with E-state index in [4.69, 9.17) is 4.74 Å². The summed E-state index contributed by atoms with van der Waals surface area (Å²) in [4.78, 5) is 52.8. The van der Waals surface area contributed by atoms with Crippen LogP contribution in [0.25, 0.3) is 22.0 Å². The predicted octanol–water partition coefficient (Wildman–Crippen LogP) is 3.21. The van der Waals surface area contributed by atoms with Crippen LogP contribution < -0.4 is 10.1 Å². The Morgan fingerprint density at radius 1 is 1.11 bits per heavy atom. The zero-order chi connectivity index (χ0) is 31.2. The molecule has 228 valence electrons. The van der Waals surface area contributed by atoms with Gasteiger partial charge in [0, 0.05) is 47.0 Å². The highest BCUT2D eigenvalue weighted by Gasteiger charge is 2.40. The molecule has 4 aromatic rings. The number of anilines is 1. The van der Waals surface area contributed by atoms with Gasteiger partial charge in [0.25, 0.3) is 0 Å². The molecule has 0 aliphatic carbocycles. The van der Waals surface area contributed by atoms with Crippen LogP contribution in [0.5, 0.6) is 6.01 Å². The van der Waals surface area contributed by atoms with Crippen LogP contribution in [0, 0.1) is 0 Å². The number of carbonyl (C=O) groups is 3. The third-order valence-corrected chi connectivity index (χ3v) is 9.72. The van der Waals surface area contributed by atoms with Gasteiger partial charge in [-0.2, -0.15) is 0 Å². The predicted molar refractivity (Wildman–Crippen MR) is 162 cm³/mol. The number of halogens is 2. The Labute approximate surface area is 259 Å². The molecule has 6 rings (SSSR count). The minimum atomic E-state index is -3.04. The number of ketones is 1. The lowest BCUT2D eigenvalue weighted by atomic mass is 10.0. The average Bonchev–Trinajstić information content (AvgIpc) is 3.53. The normalized spacial score (nSPS) is 19.5. The Morgan fingerprint density at radius 3 is 2.55 bits per heavy atom. The van der Waals surface area contributed by atoms with Crippen molar-refractivity contribution in [2.45, 2.75) is 38.2 Å². The van der Waals surface area contributed by atoms with E-state index in [0.29, 0.717) is 32.2 Å². The Kier molecular flexibility index (Phi) is 7.92. The van der Waals surface area contributed by atoms with E-state index in [0.717, 1.165) is 0 Å². The number of ether oxygens (including phenoxy) is 1. The van der Waals surface area contributed by atoms with Crippen LogP contribution in [0.3, 0.4) is 0 Å². The molecule has 1 aromatic carbocycles. The topological polar surface area (TPSA) is 153 Å². The maximum atomic E-state index is 14.5. The highest BCUT2D eigenvalue weighted by molar-refractivity contribution is 9.10. The molecule has 2 saturated heterocycles. The fourth-order valence-corrected chi connectivity index (χ4v) is 6.90. The highest BCUT2D eigenvalue weighted by atomic mass is 79.9. The first kappa shape index (κ1) is 29.8. The van der Waals surface area contributed by atoms with E-state index in [1.54, 1.807) is 59.6 Å². The summed E-state index contributed by atoms with van der Waals surface area (Å²) in [6.45, 7) is 0.997. The number of amides is 2. The third-order valence-electron chi connectivity index (χ3n) is 7.52. The van der Waals surface area contributed by atoms with Crippen molar-refractivity contribution in [1.29, 1.82) is 0 Å². The number of carbonyl (C=O) groups excluding carboxylic acids is 3. The van der Waals surface area contributed by atoms with Crippen molar-refractivity contribution in [3.8, 4) is 17.1 Å². The van der Waals surface area contributed by atoms with E-state index >= 15 is 0 Å². The summed E-state index contributed by atoms with van der Waals surface area (Å²) in [7, 11) is -3.04. The van der Waals surface area contributed by atoms with Gasteiger partial charge in [0.2, 0.25) is 11.8 Å². The zero-order valence-electron chi connectivity index (χ0n) is 23.3. The molecule has 44 heavy (non-hydrogen) atoms. The van der Waals surface area contributed by atoms with E-state index < -0.39 is 40.0 Å². The molecular weight excluding hydrogens is 659 g/mol. The van der Waals surface area contributed by atoms with Crippen LogP contribution in [-0.4, -0.2) is 86.8 Å². The van der Waals surface area contributed by atoms with Crippen molar-refractivity contribution in [3.05, 3.63) is 65.2 Å². The average molecular weight is 686 g/mol. The van der Waals surface area contributed by atoms with Gasteiger partial charge < -0.3 is 19.5 Å². The van der Waals surface area contributed by atoms with Crippen molar-refractivity contribution in [2.75, 3.05) is 23.4 Å². The molecule has 0 spiro atoms. The molecule has 2 fully saturated rings. The van der Waals surface area contributed by atoms with Crippen LogP contribution in [0.1, 0.15) is 23.7 Å². The summed E-state index contributed by atoms with van der Waals surface area (Å²) in [5.74, 6) is -1.06. The highest BCUT2D eigenvalue weighted by Crippen LogP contribution is 2.30. The Bertz CT molecular complexity index is 1890. The van der Waals surface area contributed by atoms with Crippen LogP contribution in [0.15, 0.2) is 59.6 Å². The Morgan fingerprint density at radius 2 is 1.86 bits per heavy atom. The number of likely N-dealkylation sites (tertiary alicyclic amines) is 1. The lowest BCUT2D eigenvalue weighted by molar-refractivity contribution is -0.137. The quantitative estimate of drug-likeness (QED) is 0.218. The standard InChI is InChI=1S/C29H26BrFN6O6S/c1-16(38)22-12-36(13-27(39)37-11-19(31)8-24(37)28(40)35-26-4-2-3-25(30)34-26)23-6-5-17(7-21(22)23)18-9-32-29(33-10-18)43-20-14-44(41,42)15-20/h2-7,9-10,12,19-20,24H,8,11,13-15H2,1H3,(H,34,35,40)/t19-,24+/m1/s1. The van der Waals surface area contributed by atoms with Gasteiger partial charge in [0.05, 0.1) is 18.1 Å².